The van der Waals surface area contributed by atoms with Crippen LogP contribution in [0.3, 0.4) is 0 Å². The van der Waals surface area contributed by atoms with Crippen LogP contribution in [0.1, 0.15) is 115 Å². The molecular formula is C32H48F2O4. The van der Waals surface area contributed by atoms with E-state index in [2.05, 4.69) is 24.3 Å². The zero-order valence-corrected chi connectivity index (χ0v) is 23.8. The minimum absolute atomic E-state index is 0.141. The van der Waals surface area contributed by atoms with E-state index < -0.39 is 24.3 Å². The van der Waals surface area contributed by atoms with Gasteiger partial charge in [-0.05, 0) is 99.0 Å². The molecule has 1 aromatic carbocycles. The summed E-state index contributed by atoms with van der Waals surface area (Å²) in [5.41, 5.74) is 2.66. The highest BCUT2D eigenvalue weighted by molar-refractivity contribution is 5.75. The molecule has 214 valence electrons. The number of halogens is 2. The van der Waals surface area contributed by atoms with Crippen molar-refractivity contribution in [3.8, 4) is 0 Å². The van der Waals surface area contributed by atoms with E-state index in [0.29, 0.717) is 24.7 Å². The second kappa shape index (κ2) is 15.0. The number of ether oxygens (including phenoxy) is 2. The van der Waals surface area contributed by atoms with E-state index in [0.717, 1.165) is 64.2 Å². The Kier molecular flexibility index (Phi) is 12.0. The first-order valence-electron chi connectivity index (χ1n) is 15.0. The van der Waals surface area contributed by atoms with Crippen molar-refractivity contribution in [3.05, 3.63) is 35.4 Å². The molecule has 0 heterocycles. The Balaban J connectivity index is 1.35. The molecule has 1 aromatic rings. The van der Waals surface area contributed by atoms with E-state index in [1.54, 1.807) is 13.8 Å². The molecule has 0 aromatic heterocycles. The molecule has 0 N–H and O–H groups in total. The molecule has 2 fully saturated rings. The minimum Gasteiger partial charge on any atom is -0.460 e. The van der Waals surface area contributed by atoms with Crippen LogP contribution in [-0.2, 0) is 25.5 Å². The van der Waals surface area contributed by atoms with Gasteiger partial charge in [0.25, 0.3) is 0 Å². The quantitative estimate of drug-likeness (QED) is 0.255. The molecule has 0 aliphatic heterocycles. The fourth-order valence-corrected chi connectivity index (χ4v) is 5.72. The van der Waals surface area contributed by atoms with Crippen molar-refractivity contribution in [2.75, 3.05) is 0 Å². The molecule has 0 unspecified atom stereocenters. The molecule has 3 rings (SSSR count). The van der Waals surface area contributed by atoms with Crippen molar-refractivity contribution in [2.24, 2.45) is 17.8 Å². The number of alkyl halides is 2. The van der Waals surface area contributed by atoms with E-state index >= 15 is 0 Å². The van der Waals surface area contributed by atoms with Gasteiger partial charge in [0.15, 0.2) is 12.3 Å². The molecule has 38 heavy (non-hydrogen) atoms. The number of benzene rings is 1. The zero-order chi connectivity index (χ0) is 27.7. The zero-order valence-electron chi connectivity index (χ0n) is 23.8. The summed E-state index contributed by atoms with van der Waals surface area (Å²) in [5, 5.41) is 0. The summed E-state index contributed by atoms with van der Waals surface area (Å²) in [5.74, 6) is -0.916. The average Bonchev–Trinajstić information content (AvgIpc) is 2.95. The van der Waals surface area contributed by atoms with Crippen LogP contribution >= 0.6 is 0 Å². The maximum Gasteiger partial charge on any atom is 0.341 e. The van der Waals surface area contributed by atoms with Crippen LogP contribution in [0.25, 0.3) is 0 Å². The van der Waals surface area contributed by atoms with Crippen LogP contribution in [0, 0.1) is 17.8 Å². The van der Waals surface area contributed by atoms with Crippen LogP contribution in [0.4, 0.5) is 8.78 Å². The lowest BCUT2D eigenvalue weighted by Gasteiger charge is -2.30. The molecule has 6 heteroatoms. The summed E-state index contributed by atoms with van der Waals surface area (Å²) >= 11 is 0. The summed E-state index contributed by atoms with van der Waals surface area (Å²) in [6, 6.07) is 8.91. The molecule has 0 bridgehead atoms. The molecule has 2 saturated carbocycles. The van der Waals surface area contributed by atoms with Crippen molar-refractivity contribution < 1.29 is 27.8 Å². The third-order valence-electron chi connectivity index (χ3n) is 9.06. The fourth-order valence-electron chi connectivity index (χ4n) is 5.72. The SMILES string of the molecule is CC[C@H](C)[C@H](F)C(=O)OC1CCC(CCc2ccc(C3CCC(OC(=O)[C@@H](F)[C@@H](C)CC)CC3)cc2)CC1. The molecule has 2 aliphatic rings. The second-order valence-corrected chi connectivity index (χ2v) is 11.8. The Hall–Kier alpha value is -1.98. The maximum absolute atomic E-state index is 14.1. The summed E-state index contributed by atoms with van der Waals surface area (Å²) in [6.07, 6.45) is 7.19. The minimum atomic E-state index is -1.53. The highest BCUT2D eigenvalue weighted by Crippen LogP contribution is 2.35. The average molecular weight is 535 g/mol. The predicted molar refractivity (Wildman–Crippen MR) is 146 cm³/mol. The summed E-state index contributed by atoms with van der Waals surface area (Å²) < 4.78 is 39.1. The number of carbonyl (C=O) groups is 2. The third-order valence-corrected chi connectivity index (χ3v) is 9.06. The first-order valence-corrected chi connectivity index (χ1v) is 15.0. The highest BCUT2D eigenvalue weighted by Gasteiger charge is 2.31. The van der Waals surface area contributed by atoms with Crippen molar-refractivity contribution in [1.82, 2.24) is 0 Å². The van der Waals surface area contributed by atoms with Gasteiger partial charge in [0.1, 0.15) is 12.2 Å². The molecule has 4 nitrogen and oxygen atoms in total. The largest absolute Gasteiger partial charge is 0.460 e. The number of esters is 2. The van der Waals surface area contributed by atoms with E-state index in [1.165, 1.54) is 11.1 Å². The molecular weight excluding hydrogens is 486 g/mol. The van der Waals surface area contributed by atoms with Gasteiger partial charge in [-0.2, -0.15) is 0 Å². The number of rotatable bonds is 12. The number of hydrogen-bond acceptors (Lipinski definition) is 4. The Bertz CT molecular complexity index is 857. The normalized spacial score (nSPS) is 27.1. The van der Waals surface area contributed by atoms with Crippen LogP contribution in [0.5, 0.6) is 0 Å². The summed E-state index contributed by atoms with van der Waals surface area (Å²) in [4.78, 5) is 24.1. The Morgan fingerprint density at radius 3 is 1.66 bits per heavy atom. The fraction of sp³-hybridized carbons (Fsp3) is 0.750. The van der Waals surface area contributed by atoms with E-state index in [4.69, 9.17) is 9.47 Å². The second-order valence-electron chi connectivity index (χ2n) is 11.8. The van der Waals surface area contributed by atoms with Gasteiger partial charge in [0.2, 0.25) is 0 Å². The van der Waals surface area contributed by atoms with Crippen LogP contribution in [-0.4, -0.2) is 36.5 Å². The third kappa shape index (κ3) is 8.77. The highest BCUT2D eigenvalue weighted by atomic mass is 19.1. The predicted octanol–water partition coefficient (Wildman–Crippen LogP) is 8.06. The van der Waals surface area contributed by atoms with Crippen molar-refractivity contribution in [1.29, 1.82) is 0 Å². The Morgan fingerprint density at radius 2 is 1.21 bits per heavy atom. The monoisotopic (exact) mass is 534 g/mol. The van der Waals surface area contributed by atoms with Gasteiger partial charge in [-0.15, -0.1) is 0 Å². The molecule has 0 radical (unpaired) electrons. The van der Waals surface area contributed by atoms with Crippen LogP contribution in [0.15, 0.2) is 24.3 Å². The molecule has 2 aliphatic carbocycles. The van der Waals surface area contributed by atoms with Gasteiger partial charge in [0.05, 0.1) is 0 Å². The van der Waals surface area contributed by atoms with Gasteiger partial charge in [-0.3, -0.25) is 0 Å². The molecule has 4 atom stereocenters. The summed E-state index contributed by atoms with van der Waals surface area (Å²) in [6.45, 7) is 7.26. The van der Waals surface area contributed by atoms with Crippen LogP contribution in [0.2, 0.25) is 0 Å². The van der Waals surface area contributed by atoms with Crippen molar-refractivity contribution in [3.63, 3.8) is 0 Å². The first kappa shape index (κ1) is 30.6. The van der Waals surface area contributed by atoms with E-state index in [-0.39, 0.29) is 24.0 Å². The topological polar surface area (TPSA) is 52.6 Å². The van der Waals surface area contributed by atoms with E-state index in [1.807, 2.05) is 13.8 Å². The first-order chi connectivity index (χ1) is 18.2. The van der Waals surface area contributed by atoms with Gasteiger partial charge in [-0.1, -0.05) is 64.8 Å². The maximum atomic E-state index is 14.1. The number of aryl methyl sites for hydroxylation is 1. The van der Waals surface area contributed by atoms with Gasteiger partial charge in [-0.25, -0.2) is 18.4 Å². The Labute approximate surface area is 228 Å². The lowest BCUT2D eigenvalue weighted by atomic mass is 9.81. The lowest BCUT2D eigenvalue weighted by molar-refractivity contribution is -0.159. The molecule has 0 amide bonds. The molecule has 0 saturated heterocycles. The number of carbonyl (C=O) groups excluding carboxylic acids is 2. The standard InChI is InChI=1S/C32H48F2O4/c1-5-21(3)29(33)31(35)37-27-17-11-24(12-18-27)8-7-23-9-13-25(14-10-23)26-15-19-28(20-16-26)38-32(36)30(34)22(4)6-2/h9-10,13-14,21-22,24,26-30H,5-8,11-12,15-20H2,1-4H3/t21-,22-,24?,26?,27?,28?,29-,30-/m0/s1. The molecule has 0 spiro atoms. The van der Waals surface area contributed by atoms with Gasteiger partial charge >= 0.3 is 11.9 Å². The van der Waals surface area contributed by atoms with E-state index in [9.17, 15) is 18.4 Å². The van der Waals surface area contributed by atoms with Gasteiger partial charge < -0.3 is 9.47 Å². The van der Waals surface area contributed by atoms with Crippen LogP contribution < -0.4 is 0 Å². The number of hydrogen-bond donors (Lipinski definition) is 0. The van der Waals surface area contributed by atoms with Crippen molar-refractivity contribution in [2.45, 2.75) is 135 Å². The summed E-state index contributed by atoms with van der Waals surface area (Å²) in [7, 11) is 0. The van der Waals surface area contributed by atoms with Crippen molar-refractivity contribution >= 4 is 11.9 Å². The lowest BCUT2D eigenvalue weighted by Crippen LogP contribution is -2.31. The van der Waals surface area contributed by atoms with Gasteiger partial charge in [0, 0.05) is 0 Å². The Morgan fingerprint density at radius 1 is 0.763 bits per heavy atom. The smallest absolute Gasteiger partial charge is 0.341 e.